The van der Waals surface area contributed by atoms with Crippen LogP contribution in [0.5, 0.6) is 11.6 Å². The number of pyridine rings is 1. The molecule has 0 atom stereocenters. The van der Waals surface area contributed by atoms with Gasteiger partial charge in [-0.3, -0.25) is 0 Å². The Kier molecular flexibility index (Phi) is 3.89. The number of anilines is 1. The van der Waals surface area contributed by atoms with Crippen LogP contribution in [0, 0.1) is 0 Å². The lowest BCUT2D eigenvalue weighted by Gasteiger charge is -2.07. The zero-order valence-corrected chi connectivity index (χ0v) is 10.6. The second-order valence-corrected chi connectivity index (χ2v) is 4.14. The van der Waals surface area contributed by atoms with Crippen molar-refractivity contribution in [2.75, 3.05) is 12.4 Å². The van der Waals surface area contributed by atoms with Crippen LogP contribution in [0.2, 0.25) is 5.02 Å². The smallest absolute Gasteiger partial charge is 0.213 e. The van der Waals surface area contributed by atoms with Gasteiger partial charge in [-0.25, -0.2) is 4.98 Å². The summed E-state index contributed by atoms with van der Waals surface area (Å²) in [6, 6.07) is 8.78. The number of ether oxygens (including phenoxy) is 1. The van der Waals surface area contributed by atoms with Crippen LogP contribution in [-0.2, 0) is 6.54 Å². The van der Waals surface area contributed by atoms with E-state index in [1.165, 1.54) is 0 Å². The lowest BCUT2D eigenvalue weighted by atomic mass is 10.2. The number of aromatic nitrogens is 1. The van der Waals surface area contributed by atoms with E-state index in [1.807, 2.05) is 12.1 Å². The van der Waals surface area contributed by atoms with E-state index in [9.17, 15) is 5.11 Å². The van der Waals surface area contributed by atoms with E-state index in [1.54, 1.807) is 31.5 Å². The third kappa shape index (κ3) is 3.05. The van der Waals surface area contributed by atoms with Gasteiger partial charge in [0.05, 0.1) is 24.0 Å². The molecule has 5 heteroatoms. The van der Waals surface area contributed by atoms with Gasteiger partial charge in [-0.15, -0.1) is 0 Å². The molecule has 94 valence electrons. The van der Waals surface area contributed by atoms with E-state index in [-0.39, 0.29) is 5.75 Å². The number of nitrogens with zero attached hydrogens (tertiary/aromatic N) is 1. The van der Waals surface area contributed by atoms with Crippen molar-refractivity contribution in [1.82, 2.24) is 4.98 Å². The van der Waals surface area contributed by atoms with E-state index >= 15 is 0 Å². The third-order valence-electron chi connectivity index (χ3n) is 2.45. The molecule has 0 bridgehead atoms. The van der Waals surface area contributed by atoms with Gasteiger partial charge in [0.2, 0.25) is 5.88 Å². The largest absolute Gasteiger partial charge is 0.506 e. The maximum absolute atomic E-state index is 9.31. The Morgan fingerprint density at radius 3 is 2.78 bits per heavy atom. The molecule has 0 saturated heterocycles. The highest BCUT2D eigenvalue weighted by molar-refractivity contribution is 6.32. The zero-order valence-electron chi connectivity index (χ0n) is 9.85. The van der Waals surface area contributed by atoms with Gasteiger partial charge in [0, 0.05) is 12.6 Å². The Morgan fingerprint density at radius 1 is 1.33 bits per heavy atom. The zero-order chi connectivity index (χ0) is 13.0. The number of nitrogens with one attached hydrogen (secondary N) is 1. The van der Waals surface area contributed by atoms with E-state index in [0.717, 1.165) is 11.3 Å². The van der Waals surface area contributed by atoms with Crippen molar-refractivity contribution < 1.29 is 9.84 Å². The van der Waals surface area contributed by atoms with Crippen molar-refractivity contribution in [1.29, 1.82) is 0 Å². The van der Waals surface area contributed by atoms with E-state index in [0.29, 0.717) is 17.4 Å². The van der Waals surface area contributed by atoms with Gasteiger partial charge in [0.25, 0.3) is 0 Å². The number of methoxy groups -OCH3 is 1. The summed E-state index contributed by atoms with van der Waals surface area (Å²) in [6.45, 7) is 0.605. The van der Waals surface area contributed by atoms with Crippen LogP contribution in [0.15, 0.2) is 36.5 Å². The number of halogens is 1. The molecule has 1 aromatic carbocycles. The number of hydrogen-bond acceptors (Lipinski definition) is 4. The normalized spacial score (nSPS) is 10.1. The summed E-state index contributed by atoms with van der Waals surface area (Å²) in [5.41, 5.74) is 1.87. The summed E-state index contributed by atoms with van der Waals surface area (Å²) in [6.07, 6.45) is 1.70. The van der Waals surface area contributed by atoms with Crippen LogP contribution in [0.4, 0.5) is 5.69 Å². The lowest BCUT2D eigenvalue weighted by molar-refractivity contribution is 0.398. The Morgan fingerprint density at radius 2 is 2.17 bits per heavy atom. The molecule has 2 aromatic rings. The lowest BCUT2D eigenvalue weighted by Crippen LogP contribution is -2.00. The van der Waals surface area contributed by atoms with Gasteiger partial charge < -0.3 is 15.2 Å². The van der Waals surface area contributed by atoms with Crippen LogP contribution in [-0.4, -0.2) is 17.2 Å². The van der Waals surface area contributed by atoms with Crippen molar-refractivity contribution in [2.24, 2.45) is 0 Å². The van der Waals surface area contributed by atoms with Crippen LogP contribution < -0.4 is 10.1 Å². The minimum absolute atomic E-state index is 0.0894. The van der Waals surface area contributed by atoms with Gasteiger partial charge in [0.1, 0.15) is 5.75 Å². The topological polar surface area (TPSA) is 54.4 Å². The first-order chi connectivity index (χ1) is 8.69. The fraction of sp³-hybridized carbons (Fsp3) is 0.154. The third-order valence-corrected chi connectivity index (χ3v) is 2.76. The molecule has 0 amide bonds. The van der Waals surface area contributed by atoms with Crippen molar-refractivity contribution in [2.45, 2.75) is 6.54 Å². The molecule has 2 N–H and O–H groups in total. The highest BCUT2D eigenvalue weighted by Gasteiger charge is 2.00. The highest BCUT2D eigenvalue weighted by atomic mass is 35.5. The van der Waals surface area contributed by atoms with Crippen molar-refractivity contribution in [3.05, 3.63) is 47.1 Å². The monoisotopic (exact) mass is 264 g/mol. The van der Waals surface area contributed by atoms with E-state index < -0.39 is 0 Å². The molecule has 0 radical (unpaired) electrons. The summed E-state index contributed by atoms with van der Waals surface area (Å²) in [4.78, 5) is 4.09. The Labute approximate surface area is 110 Å². The molecule has 4 nitrogen and oxygen atoms in total. The van der Waals surface area contributed by atoms with Gasteiger partial charge in [-0.05, 0) is 23.8 Å². The van der Waals surface area contributed by atoms with Crippen LogP contribution >= 0.6 is 11.6 Å². The fourth-order valence-corrected chi connectivity index (χ4v) is 1.67. The van der Waals surface area contributed by atoms with Gasteiger partial charge in [-0.2, -0.15) is 0 Å². The molecule has 0 saturated carbocycles. The Bertz CT molecular complexity index is 529. The molecule has 0 aliphatic heterocycles. The number of benzene rings is 1. The predicted molar refractivity (Wildman–Crippen MR) is 71.2 cm³/mol. The average Bonchev–Trinajstić information content (AvgIpc) is 2.41. The number of phenolic OH excluding ortho intramolecular Hbond substituents is 1. The molecule has 0 spiro atoms. The van der Waals surface area contributed by atoms with E-state index in [4.69, 9.17) is 16.3 Å². The SMILES string of the molecule is COc1ccc(NCc2ccc(O)c(Cl)c2)cn1. The Balaban J connectivity index is 1.99. The van der Waals surface area contributed by atoms with Crippen molar-refractivity contribution >= 4 is 17.3 Å². The maximum atomic E-state index is 9.31. The summed E-state index contributed by atoms with van der Waals surface area (Å²) in [5.74, 6) is 0.666. The number of phenols is 1. The number of hydrogen-bond donors (Lipinski definition) is 2. The van der Waals surface area contributed by atoms with Crippen molar-refractivity contribution in [3.8, 4) is 11.6 Å². The summed E-state index contributed by atoms with van der Waals surface area (Å²) >= 11 is 5.83. The Hall–Kier alpha value is -1.94. The van der Waals surface area contributed by atoms with Crippen molar-refractivity contribution in [3.63, 3.8) is 0 Å². The van der Waals surface area contributed by atoms with Crippen LogP contribution in [0.25, 0.3) is 0 Å². The first-order valence-electron chi connectivity index (χ1n) is 5.40. The summed E-state index contributed by atoms with van der Waals surface area (Å²) < 4.78 is 4.98. The molecule has 2 rings (SSSR count). The quantitative estimate of drug-likeness (QED) is 0.891. The van der Waals surface area contributed by atoms with Gasteiger partial charge in [0.15, 0.2) is 0 Å². The number of aromatic hydroxyl groups is 1. The molecule has 0 unspecified atom stereocenters. The second kappa shape index (κ2) is 5.60. The molecular weight excluding hydrogens is 252 g/mol. The standard InChI is InChI=1S/C13H13ClN2O2/c1-18-13-5-3-10(8-16-13)15-7-9-2-4-12(17)11(14)6-9/h2-6,8,15,17H,7H2,1H3. The summed E-state index contributed by atoms with van der Waals surface area (Å²) in [7, 11) is 1.58. The summed E-state index contributed by atoms with van der Waals surface area (Å²) in [5, 5.41) is 12.9. The minimum atomic E-state index is 0.0894. The molecule has 1 aromatic heterocycles. The molecule has 1 heterocycles. The van der Waals surface area contributed by atoms with Gasteiger partial charge in [-0.1, -0.05) is 17.7 Å². The average molecular weight is 265 g/mol. The first-order valence-corrected chi connectivity index (χ1v) is 5.78. The molecule has 0 fully saturated rings. The van der Waals surface area contributed by atoms with E-state index in [2.05, 4.69) is 10.3 Å². The molecule has 0 aliphatic rings. The minimum Gasteiger partial charge on any atom is -0.506 e. The number of rotatable bonds is 4. The van der Waals surface area contributed by atoms with Crippen LogP contribution in [0.1, 0.15) is 5.56 Å². The molecule has 18 heavy (non-hydrogen) atoms. The predicted octanol–water partition coefficient (Wildman–Crippen LogP) is 3.06. The second-order valence-electron chi connectivity index (χ2n) is 3.73. The van der Waals surface area contributed by atoms with Crippen LogP contribution in [0.3, 0.4) is 0 Å². The van der Waals surface area contributed by atoms with Gasteiger partial charge >= 0.3 is 0 Å². The maximum Gasteiger partial charge on any atom is 0.213 e. The first kappa shape index (κ1) is 12.5. The fourth-order valence-electron chi connectivity index (χ4n) is 1.47. The molecule has 0 aliphatic carbocycles. The highest BCUT2D eigenvalue weighted by Crippen LogP contribution is 2.24. The molecular formula is C13H13ClN2O2.